The van der Waals surface area contributed by atoms with Crippen molar-refractivity contribution >= 4 is 23.9 Å². The molecule has 4 aromatic carbocycles. The summed E-state index contributed by atoms with van der Waals surface area (Å²) in [6.45, 7) is 20.6. The summed E-state index contributed by atoms with van der Waals surface area (Å²) in [5, 5.41) is 0. The quantitative estimate of drug-likeness (QED) is 0.0788. The Morgan fingerprint density at radius 2 is 0.630 bits per heavy atom. The van der Waals surface area contributed by atoms with Gasteiger partial charge in [-0.15, -0.1) is 0 Å². The molecule has 0 saturated heterocycles. The van der Waals surface area contributed by atoms with Crippen LogP contribution in [0.4, 0.5) is 0 Å². The van der Waals surface area contributed by atoms with E-state index < -0.39 is 23.9 Å². The first-order valence-corrected chi connectivity index (χ1v) is 16.2. The Morgan fingerprint density at radius 1 is 0.389 bits per heavy atom. The Morgan fingerprint density at radius 3 is 0.907 bits per heavy atom. The summed E-state index contributed by atoms with van der Waals surface area (Å²) in [5.41, 5.74) is 3.98. The maximum atomic E-state index is 12.6. The van der Waals surface area contributed by atoms with Crippen molar-refractivity contribution in [1.29, 1.82) is 0 Å². The maximum absolute atomic E-state index is 12.6. The van der Waals surface area contributed by atoms with Gasteiger partial charge in [0.2, 0.25) is 0 Å². The lowest BCUT2D eigenvalue weighted by Gasteiger charge is -2.12. The third-order valence-corrected chi connectivity index (χ3v) is 6.93. The molecule has 0 saturated carbocycles. The molecule has 0 aliphatic rings. The molecule has 0 heterocycles. The minimum Gasteiger partial charge on any atom is -0.423 e. The smallest absolute Gasteiger partial charge is 0.338 e. The lowest BCUT2D eigenvalue weighted by atomic mass is 10.1. The fourth-order valence-electron chi connectivity index (χ4n) is 3.96. The Bertz CT molecular complexity index is 2390. The predicted molar refractivity (Wildman–Crippen MR) is 206 cm³/mol. The van der Waals surface area contributed by atoms with Crippen LogP contribution in [-0.2, 0) is 19.2 Å². The molecule has 0 aliphatic heterocycles. The normalized spacial score (nSPS) is 9.63. The molecule has 0 aliphatic carbocycles. The standard InChI is InChI=1S/C46H34O8/c1-29(2)43(47)51-39-23-17-35(18-24-39)14-11-33-9-12-34(13-10-33)15-21-37-27-42(54-46(50)32(7)8)38(28-41(37)53-45(49)31(5)6)22-16-36-19-25-40(26-20-36)52-44(48)30(3)4/h9-10,12-13,17-20,23-28H,1,3,5,7H2,2,4,6,8H3. The minimum absolute atomic E-state index is 0.0644. The largest absolute Gasteiger partial charge is 0.423 e. The van der Waals surface area contributed by atoms with Crippen LogP contribution in [-0.4, -0.2) is 23.9 Å². The monoisotopic (exact) mass is 714 g/mol. The Balaban J connectivity index is 1.65. The number of carbonyl (C=O) groups excluding carboxylic acids is 4. The van der Waals surface area contributed by atoms with E-state index in [1.54, 1.807) is 86.6 Å². The zero-order chi connectivity index (χ0) is 39.4. The van der Waals surface area contributed by atoms with Gasteiger partial charge >= 0.3 is 23.9 Å². The van der Waals surface area contributed by atoms with Crippen molar-refractivity contribution in [2.75, 3.05) is 0 Å². The summed E-state index contributed by atoms with van der Waals surface area (Å²) < 4.78 is 21.7. The summed E-state index contributed by atoms with van der Waals surface area (Å²) in [6.07, 6.45) is 0. The highest BCUT2D eigenvalue weighted by Crippen LogP contribution is 2.30. The van der Waals surface area contributed by atoms with Gasteiger partial charge in [0, 0.05) is 56.7 Å². The first kappa shape index (κ1) is 39.2. The van der Waals surface area contributed by atoms with Crippen molar-refractivity contribution in [3.8, 4) is 58.5 Å². The fraction of sp³-hybridized carbons (Fsp3) is 0.0870. The van der Waals surface area contributed by atoms with E-state index in [-0.39, 0.29) is 39.3 Å². The average molecular weight is 715 g/mol. The van der Waals surface area contributed by atoms with Crippen LogP contribution in [0.25, 0.3) is 0 Å². The molecule has 8 heteroatoms. The molecular weight excluding hydrogens is 680 g/mol. The van der Waals surface area contributed by atoms with Gasteiger partial charge in [0.15, 0.2) is 0 Å². The Kier molecular flexibility index (Phi) is 13.1. The van der Waals surface area contributed by atoms with E-state index in [0.717, 1.165) is 11.1 Å². The third kappa shape index (κ3) is 11.5. The summed E-state index contributed by atoms with van der Waals surface area (Å²) in [7, 11) is 0. The SMILES string of the molecule is C=C(C)C(=O)Oc1ccc(C#Cc2ccc(C#Cc3cc(OC(=O)C(=C)C)c(C#Cc4ccc(OC(=O)C(=C)C)cc4)cc3OC(=O)C(=C)C)cc2)cc1. The molecule has 0 atom stereocenters. The highest BCUT2D eigenvalue weighted by Gasteiger charge is 2.17. The molecule has 0 spiro atoms. The third-order valence-electron chi connectivity index (χ3n) is 6.93. The first-order chi connectivity index (χ1) is 25.7. The summed E-state index contributed by atoms with van der Waals surface area (Å²) in [6, 6.07) is 23.3. The lowest BCUT2D eigenvalue weighted by Crippen LogP contribution is -2.12. The zero-order valence-corrected chi connectivity index (χ0v) is 30.2. The molecule has 266 valence electrons. The number of benzene rings is 4. The van der Waals surface area contributed by atoms with Gasteiger partial charge in [-0.2, -0.15) is 0 Å². The van der Waals surface area contributed by atoms with Gasteiger partial charge in [-0.05, 0) is 100 Å². The number of carbonyl (C=O) groups is 4. The van der Waals surface area contributed by atoms with E-state index in [4.69, 9.17) is 18.9 Å². The highest BCUT2D eigenvalue weighted by molar-refractivity contribution is 5.91. The minimum atomic E-state index is -0.689. The van der Waals surface area contributed by atoms with Crippen molar-refractivity contribution in [3.63, 3.8) is 0 Å². The molecule has 4 aromatic rings. The van der Waals surface area contributed by atoms with Crippen molar-refractivity contribution in [2.24, 2.45) is 0 Å². The molecule has 0 N–H and O–H groups in total. The Labute approximate surface area is 314 Å². The number of hydrogen-bond donors (Lipinski definition) is 0. The second-order valence-electron chi connectivity index (χ2n) is 11.9. The van der Waals surface area contributed by atoms with Crippen molar-refractivity contribution in [3.05, 3.63) is 167 Å². The van der Waals surface area contributed by atoms with Gasteiger partial charge in [-0.3, -0.25) is 0 Å². The summed E-state index contributed by atoms with van der Waals surface area (Å²) >= 11 is 0. The number of hydrogen-bond acceptors (Lipinski definition) is 8. The van der Waals surface area contributed by atoms with Gasteiger partial charge in [-0.25, -0.2) is 19.2 Å². The second kappa shape index (κ2) is 18.1. The van der Waals surface area contributed by atoms with Crippen LogP contribution in [0.3, 0.4) is 0 Å². The van der Waals surface area contributed by atoms with Crippen LogP contribution in [0.2, 0.25) is 0 Å². The van der Waals surface area contributed by atoms with E-state index in [1.165, 1.54) is 26.0 Å². The number of esters is 4. The number of ether oxygens (including phenoxy) is 4. The van der Waals surface area contributed by atoms with E-state index in [9.17, 15) is 19.2 Å². The zero-order valence-electron chi connectivity index (χ0n) is 30.2. The topological polar surface area (TPSA) is 105 Å². The van der Waals surface area contributed by atoms with E-state index in [2.05, 4.69) is 61.8 Å². The van der Waals surface area contributed by atoms with Crippen LogP contribution in [0, 0.1) is 35.5 Å². The molecular formula is C46H34O8. The van der Waals surface area contributed by atoms with Crippen LogP contribution in [0.5, 0.6) is 23.0 Å². The predicted octanol–water partition coefficient (Wildman–Crippen LogP) is 7.81. The van der Waals surface area contributed by atoms with Gasteiger partial charge < -0.3 is 18.9 Å². The number of rotatable bonds is 8. The van der Waals surface area contributed by atoms with Crippen LogP contribution in [0.15, 0.2) is 134 Å². The Hall–Kier alpha value is -7.60. The lowest BCUT2D eigenvalue weighted by molar-refractivity contribution is -0.131. The first-order valence-electron chi connectivity index (χ1n) is 16.2. The van der Waals surface area contributed by atoms with Gasteiger partial charge in [0.25, 0.3) is 0 Å². The van der Waals surface area contributed by atoms with Crippen molar-refractivity contribution in [2.45, 2.75) is 27.7 Å². The fourth-order valence-corrected chi connectivity index (χ4v) is 3.96. The van der Waals surface area contributed by atoms with Crippen molar-refractivity contribution in [1.82, 2.24) is 0 Å². The second-order valence-corrected chi connectivity index (χ2v) is 11.9. The molecule has 0 fully saturated rings. The average Bonchev–Trinajstić information content (AvgIpc) is 3.14. The van der Waals surface area contributed by atoms with E-state index in [0.29, 0.717) is 28.2 Å². The van der Waals surface area contributed by atoms with Crippen LogP contribution in [0.1, 0.15) is 61.1 Å². The van der Waals surface area contributed by atoms with Gasteiger partial charge in [0.05, 0.1) is 11.1 Å². The molecule has 0 radical (unpaired) electrons. The molecule has 54 heavy (non-hydrogen) atoms. The summed E-state index contributed by atoms with van der Waals surface area (Å²) in [4.78, 5) is 48.8. The molecule has 8 nitrogen and oxygen atoms in total. The molecule has 0 unspecified atom stereocenters. The molecule has 0 bridgehead atoms. The summed E-state index contributed by atoms with van der Waals surface area (Å²) in [5.74, 6) is 16.6. The molecule has 0 aromatic heterocycles. The van der Waals surface area contributed by atoms with E-state index in [1.807, 2.05) is 0 Å². The van der Waals surface area contributed by atoms with E-state index >= 15 is 0 Å². The molecule has 0 amide bonds. The maximum Gasteiger partial charge on any atom is 0.338 e. The van der Waals surface area contributed by atoms with Crippen LogP contribution >= 0.6 is 0 Å². The molecule has 4 rings (SSSR count). The van der Waals surface area contributed by atoms with Gasteiger partial charge in [0.1, 0.15) is 23.0 Å². The van der Waals surface area contributed by atoms with Crippen molar-refractivity contribution < 1.29 is 38.1 Å². The highest BCUT2D eigenvalue weighted by atomic mass is 16.5. The van der Waals surface area contributed by atoms with Gasteiger partial charge in [-0.1, -0.05) is 61.8 Å². The van der Waals surface area contributed by atoms with Crippen LogP contribution < -0.4 is 18.9 Å².